The van der Waals surface area contributed by atoms with E-state index in [1.165, 1.54) is 16.3 Å². The minimum atomic E-state index is -0.285. The lowest BCUT2D eigenvalue weighted by atomic mass is 9.99. The fraction of sp³-hybridized carbons (Fsp3) is 0.120. The molecule has 0 saturated carbocycles. The molecular formula is C25H22ClN3O. The first-order valence-corrected chi connectivity index (χ1v) is 10.2. The van der Waals surface area contributed by atoms with Crippen LogP contribution in [0.4, 0.5) is 5.69 Å². The molecule has 0 spiro atoms. The largest absolute Gasteiger partial charge is 0.319 e. The second-order valence-electron chi connectivity index (χ2n) is 7.15. The average Bonchev–Trinajstić information content (AvgIpc) is 2.79. The number of rotatable bonds is 6. The van der Waals surface area contributed by atoms with Gasteiger partial charge in [-0.2, -0.15) is 0 Å². The second kappa shape index (κ2) is 9.08. The molecule has 1 atom stereocenters. The first kappa shape index (κ1) is 20.1. The number of halogens is 1. The summed E-state index contributed by atoms with van der Waals surface area (Å²) in [5, 5.41) is 9.39. The Morgan fingerprint density at radius 3 is 2.63 bits per heavy atom. The van der Waals surface area contributed by atoms with Crippen molar-refractivity contribution in [3.8, 4) is 0 Å². The van der Waals surface area contributed by atoms with E-state index in [1.807, 2.05) is 12.1 Å². The summed E-state index contributed by atoms with van der Waals surface area (Å²) in [5.74, 6) is -0.285. The summed E-state index contributed by atoms with van der Waals surface area (Å²) in [5.41, 5.74) is 3.21. The van der Waals surface area contributed by atoms with Gasteiger partial charge in [-0.25, -0.2) is 0 Å². The maximum absolute atomic E-state index is 12.4. The number of carbonyl (C=O) groups excluding carboxylic acids is 1. The molecule has 0 aliphatic rings. The van der Waals surface area contributed by atoms with Crippen LogP contribution in [0.5, 0.6) is 0 Å². The molecule has 150 valence electrons. The van der Waals surface area contributed by atoms with Crippen molar-refractivity contribution in [2.24, 2.45) is 0 Å². The summed E-state index contributed by atoms with van der Waals surface area (Å²) in [7, 11) is 0. The van der Waals surface area contributed by atoms with Crippen LogP contribution < -0.4 is 10.6 Å². The Kier molecular flexibility index (Phi) is 6.07. The van der Waals surface area contributed by atoms with Crippen molar-refractivity contribution in [1.82, 2.24) is 10.3 Å². The number of fused-ring (bicyclic) bond motifs is 1. The number of aromatic nitrogens is 1. The van der Waals surface area contributed by atoms with Crippen LogP contribution in [-0.4, -0.2) is 10.9 Å². The number of pyridine rings is 1. The lowest BCUT2D eigenvalue weighted by Crippen LogP contribution is -2.19. The summed E-state index contributed by atoms with van der Waals surface area (Å²) in [6.45, 7) is 2.80. The van der Waals surface area contributed by atoms with Crippen molar-refractivity contribution in [2.45, 2.75) is 19.5 Å². The number of benzene rings is 3. The highest BCUT2D eigenvalue weighted by molar-refractivity contribution is 6.33. The van der Waals surface area contributed by atoms with Crippen molar-refractivity contribution < 1.29 is 4.79 Å². The number of amides is 1. The highest BCUT2D eigenvalue weighted by atomic mass is 35.5. The van der Waals surface area contributed by atoms with Gasteiger partial charge in [0.25, 0.3) is 5.91 Å². The summed E-state index contributed by atoms with van der Waals surface area (Å²) < 4.78 is 0. The van der Waals surface area contributed by atoms with E-state index in [-0.39, 0.29) is 11.9 Å². The molecule has 0 fully saturated rings. The Labute approximate surface area is 180 Å². The van der Waals surface area contributed by atoms with Gasteiger partial charge in [-0.15, -0.1) is 0 Å². The predicted octanol–water partition coefficient (Wildman–Crippen LogP) is 5.99. The molecular weight excluding hydrogens is 394 g/mol. The monoisotopic (exact) mass is 415 g/mol. The molecule has 4 aromatic rings. The van der Waals surface area contributed by atoms with Crippen LogP contribution in [0, 0.1) is 0 Å². The van der Waals surface area contributed by atoms with Crippen LogP contribution in [0.25, 0.3) is 10.8 Å². The lowest BCUT2D eigenvalue weighted by molar-refractivity contribution is 0.102. The second-order valence-corrected chi connectivity index (χ2v) is 7.56. The zero-order chi connectivity index (χ0) is 20.9. The molecule has 1 heterocycles. The maximum Gasteiger partial charge on any atom is 0.274 e. The van der Waals surface area contributed by atoms with Gasteiger partial charge in [-0.05, 0) is 53.1 Å². The van der Waals surface area contributed by atoms with Crippen molar-refractivity contribution in [3.05, 3.63) is 107 Å². The molecule has 4 rings (SSSR count). The molecule has 30 heavy (non-hydrogen) atoms. The van der Waals surface area contributed by atoms with E-state index in [0.717, 1.165) is 5.56 Å². The molecule has 0 aliphatic heterocycles. The molecule has 2 N–H and O–H groups in total. The first-order valence-electron chi connectivity index (χ1n) is 9.83. The maximum atomic E-state index is 12.4. The minimum Gasteiger partial charge on any atom is -0.319 e. The smallest absolute Gasteiger partial charge is 0.274 e. The molecule has 0 bridgehead atoms. The topological polar surface area (TPSA) is 54.0 Å². The van der Waals surface area contributed by atoms with E-state index in [9.17, 15) is 4.79 Å². The Hall–Kier alpha value is -3.21. The molecule has 0 unspecified atom stereocenters. The third-order valence-corrected chi connectivity index (χ3v) is 5.41. The van der Waals surface area contributed by atoms with Crippen LogP contribution >= 0.6 is 11.6 Å². The van der Waals surface area contributed by atoms with Crippen LogP contribution in [0.1, 0.15) is 34.6 Å². The van der Waals surface area contributed by atoms with E-state index in [2.05, 4.69) is 65.0 Å². The average molecular weight is 416 g/mol. The van der Waals surface area contributed by atoms with Crippen LogP contribution in [-0.2, 0) is 6.54 Å². The van der Waals surface area contributed by atoms with Gasteiger partial charge in [0.15, 0.2) is 0 Å². The number of nitrogens with zero attached hydrogens (tertiary/aromatic N) is 1. The summed E-state index contributed by atoms with van der Waals surface area (Å²) in [4.78, 5) is 16.5. The van der Waals surface area contributed by atoms with Crippen LogP contribution in [0.3, 0.4) is 0 Å². The number of carbonyl (C=O) groups is 1. The van der Waals surface area contributed by atoms with Gasteiger partial charge in [0.05, 0.1) is 10.7 Å². The normalized spacial score (nSPS) is 11.9. The van der Waals surface area contributed by atoms with Crippen molar-refractivity contribution >= 4 is 34.0 Å². The van der Waals surface area contributed by atoms with Crippen molar-refractivity contribution in [2.75, 3.05) is 5.32 Å². The third kappa shape index (κ3) is 4.51. The van der Waals surface area contributed by atoms with E-state index in [1.54, 1.807) is 30.5 Å². The predicted molar refractivity (Wildman–Crippen MR) is 123 cm³/mol. The molecule has 0 radical (unpaired) electrons. The standard InChI is InChI=1S/C25H22ClN3O/c1-17(20-10-6-8-19-7-2-3-9-21(19)20)28-16-18-12-13-22(26)24(15-18)29-25(30)23-11-4-5-14-27-23/h2-15,17,28H,16H2,1H3,(H,29,30)/t17-/m1/s1. The van der Waals surface area contributed by atoms with E-state index >= 15 is 0 Å². The van der Waals surface area contributed by atoms with Gasteiger partial charge in [0.2, 0.25) is 0 Å². The fourth-order valence-corrected chi connectivity index (χ4v) is 3.64. The van der Waals surface area contributed by atoms with Gasteiger partial charge >= 0.3 is 0 Å². The van der Waals surface area contributed by atoms with Gasteiger partial charge in [-0.3, -0.25) is 9.78 Å². The van der Waals surface area contributed by atoms with E-state index in [4.69, 9.17) is 11.6 Å². The highest BCUT2D eigenvalue weighted by Crippen LogP contribution is 2.26. The number of hydrogen-bond donors (Lipinski definition) is 2. The summed E-state index contributed by atoms with van der Waals surface area (Å²) in [6.07, 6.45) is 1.59. The Balaban J connectivity index is 1.47. The fourth-order valence-electron chi connectivity index (χ4n) is 3.47. The first-order chi connectivity index (χ1) is 14.6. The molecule has 0 aliphatic carbocycles. The molecule has 1 aromatic heterocycles. The van der Waals surface area contributed by atoms with Gasteiger partial charge < -0.3 is 10.6 Å². The molecule has 1 amide bonds. The molecule has 3 aromatic carbocycles. The van der Waals surface area contributed by atoms with Gasteiger partial charge in [0.1, 0.15) is 5.69 Å². The lowest BCUT2D eigenvalue weighted by Gasteiger charge is -2.17. The molecule has 5 heteroatoms. The Bertz CT molecular complexity index is 1170. The van der Waals surface area contributed by atoms with E-state index in [0.29, 0.717) is 22.9 Å². The third-order valence-electron chi connectivity index (χ3n) is 5.08. The Morgan fingerprint density at radius 1 is 1.00 bits per heavy atom. The number of anilines is 1. The van der Waals surface area contributed by atoms with Crippen molar-refractivity contribution in [3.63, 3.8) is 0 Å². The SMILES string of the molecule is C[C@@H](NCc1ccc(Cl)c(NC(=O)c2ccccn2)c1)c1cccc2ccccc12. The minimum absolute atomic E-state index is 0.165. The quantitative estimate of drug-likeness (QED) is 0.406. The van der Waals surface area contributed by atoms with Gasteiger partial charge in [-0.1, -0.05) is 66.2 Å². The van der Waals surface area contributed by atoms with E-state index < -0.39 is 0 Å². The van der Waals surface area contributed by atoms with Crippen LogP contribution in [0.2, 0.25) is 5.02 Å². The summed E-state index contributed by atoms with van der Waals surface area (Å²) >= 11 is 6.30. The van der Waals surface area contributed by atoms with Crippen molar-refractivity contribution in [1.29, 1.82) is 0 Å². The zero-order valence-electron chi connectivity index (χ0n) is 16.6. The number of nitrogens with one attached hydrogen (secondary N) is 2. The zero-order valence-corrected chi connectivity index (χ0v) is 17.4. The Morgan fingerprint density at radius 2 is 1.80 bits per heavy atom. The molecule has 4 nitrogen and oxygen atoms in total. The number of hydrogen-bond acceptors (Lipinski definition) is 3. The molecule has 0 saturated heterocycles. The van der Waals surface area contributed by atoms with Crippen LogP contribution in [0.15, 0.2) is 85.1 Å². The summed E-state index contributed by atoms with van der Waals surface area (Å²) in [6, 6.07) is 25.8. The van der Waals surface area contributed by atoms with Gasteiger partial charge in [0, 0.05) is 18.8 Å². The highest BCUT2D eigenvalue weighted by Gasteiger charge is 2.12.